The normalized spacial score (nSPS) is 9.83. The Labute approximate surface area is 177 Å². The van der Waals surface area contributed by atoms with Gasteiger partial charge in [0.15, 0.2) is 0 Å². The molecular formula is C4H12As2O4Rb2. The Balaban J connectivity index is -0.0000000457. The van der Waals surface area contributed by atoms with Crippen LogP contribution in [0.25, 0.3) is 0 Å². The van der Waals surface area contributed by atoms with Gasteiger partial charge in [-0.05, 0) is 0 Å². The maximum Gasteiger partial charge on any atom is 1.00 e. The quantitative estimate of drug-likeness (QED) is 0.348. The summed E-state index contributed by atoms with van der Waals surface area (Å²) >= 11 is -6.75. The van der Waals surface area contributed by atoms with E-state index in [1.165, 1.54) is 22.8 Å². The van der Waals surface area contributed by atoms with Gasteiger partial charge in [0, 0.05) is 0 Å². The molecule has 0 rings (SSSR count). The van der Waals surface area contributed by atoms with Gasteiger partial charge in [-0.25, -0.2) is 0 Å². The first-order chi connectivity index (χ1) is 4.00. The average Bonchev–Trinajstić information content (AvgIpc) is 1.12. The standard InChI is InChI=1S/2C2H7AsO2.2Rb/c2*1-3(2,4)5;;/h2*1-2H3,(H,4,5);;/q;;2*+1/p-2. The van der Waals surface area contributed by atoms with Crippen LogP contribution in [-0.2, 0) is 7.48 Å². The molecule has 0 aromatic heterocycles. The van der Waals surface area contributed by atoms with E-state index in [1.807, 2.05) is 0 Å². The van der Waals surface area contributed by atoms with Crippen LogP contribution in [-0.4, -0.2) is 27.7 Å². The van der Waals surface area contributed by atoms with Crippen molar-refractivity contribution in [3.63, 3.8) is 0 Å². The minimum absolute atomic E-state index is 0. The number of hydrogen-bond donors (Lipinski definition) is 0. The molecular weight excluding hydrogens is 433 g/mol. The van der Waals surface area contributed by atoms with Crippen LogP contribution in [0.4, 0.5) is 0 Å². The number of hydrogen-bond acceptors (Lipinski definition) is 4. The third-order valence-electron chi connectivity index (χ3n) is 0. The van der Waals surface area contributed by atoms with Gasteiger partial charge < -0.3 is 0 Å². The predicted molar refractivity (Wildman–Crippen MR) is 36.3 cm³/mol. The van der Waals surface area contributed by atoms with Crippen molar-refractivity contribution in [1.29, 1.82) is 0 Å². The second kappa shape index (κ2) is 11.7. The van der Waals surface area contributed by atoms with Crippen LogP contribution in [0.15, 0.2) is 0 Å². The summed E-state index contributed by atoms with van der Waals surface area (Å²) in [5.74, 6) is 0. The SMILES string of the molecule is C[As](C)(=O)[O-].C[As](C)(=O)[O-].[Rb+].[Rb+]. The molecule has 0 amide bonds. The molecule has 0 saturated heterocycles. The van der Waals surface area contributed by atoms with Gasteiger partial charge >= 0.3 is 183 Å². The van der Waals surface area contributed by atoms with Crippen molar-refractivity contribution in [2.45, 2.75) is 22.8 Å². The van der Waals surface area contributed by atoms with Crippen molar-refractivity contribution >= 4 is 27.7 Å². The topological polar surface area (TPSA) is 80.3 Å². The number of rotatable bonds is 0. The summed E-state index contributed by atoms with van der Waals surface area (Å²) in [6.07, 6.45) is 0. The maximum absolute atomic E-state index is 9.72. The molecule has 8 heteroatoms. The van der Waals surface area contributed by atoms with E-state index in [9.17, 15) is 15.7 Å². The summed E-state index contributed by atoms with van der Waals surface area (Å²) in [5, 5.41) is 0. The summed E-state index contributed by atoms with van der Waals surface area (Å²) in [5.41, 5.74) is 4.99. The fourth-order valence-electron chi connectivity index (χ4n) is 0. The monoisotopic (exact) mass is 444 g/mol. The fraction of sp³-hybridized carbons (Fsp3) is 1.00. The van der Waals surface area contributed by atoms with Gasteiger partial charge in [0.05, 0.1) is 0 Å². The zero-order valence-corrected chi connectivity index (χ0v) is 22.1. The van der Waals surface area contributed by atoms with Crippen LogP contribution in [0.2, 0.25) is 22.8 Å². The molecule has 0 aliphatic heterocycles. The smallest absolute Gasteiger partial charge is 1.00 e. The van der Waals surface area contributed by atoms with Crippen LogP contribution in [0.1, 0.15) is 0 Å². The summed E-state index contributed by atoms with van der Waals surface area (Å²) in [4.78, 5) is 0. The average molecular weight is 445 g/mol. The van der Waals surface area contributed by atoms with E-state index >= 15 is 0 Å². The summed E-state index contributed by atoms with van der Waals surface area (Å²) in [6.45, 7) is 0. The predicted octanol–water partition coefficient (Wildman–Crippen LogP) is -7.03. The summed E-state index contributed by atoms with van der Waals surface area (Å²) in [6, 6.07) is 0. The maximum atomic E-state index is 9.72. The minimum atomic E-state index is -3.38. The zero-order valence-electron chi connectivity index (χ0n) is 8.53. The molecule has 0 spiro atoms. The Bertz CT molecular complexity index is 135. The summed E-state index contributed by atoms with van der Waals surface area (Å²) < 4.78 is 38.9. The molecule has 0 aliphatic carbocycles. The minimum Gasteiger partial charge on any atom is 1.00 e. The Morgan fingerprint density at radius 3 is 0.750 bits per heavy atom. The fourth-order valence-corrected chi connectivity index (χ4v) is 0. The molecule has 0 unspecified atom stereocenters. The second-order valence-corrected chi connectivity index (χ2v) is 13.0. The van der Waals surface area contributed by atoms with Crippen LogP contribution in [0.3, 0.4) is 0 Å². The van der Waals surface area contributed by atoms with E-state index in [0.717, 1.165) is 0 Å². The Kier molecular flexibility index (Phi) is 24.6. The second-order valence-electron chi connectivity index (χ2n) is 2.50. The van der Waals surface area contributed by atoms with Crippen LogP contribution in [0, 0.1) is 0 Å². The molecule has 0 atom stereocenters. The van der Waals surface area contributed by atoms with Gasteiger partial charge in [-0.15, -0.1) is 0 Å². The molecule has 0 bridgehead atoms. The molecule has 0 aromatic carbocycles. The van der Waals surface area contributed by atoms with E-state index in [2.05, 4.69) is 0 Å². The van der Waals surface area contributed by atoms with Crippen molar-refractivity contribution in [3.05, 3.63) is 0 Å². The van der Waals surface area contributed by atoms with Crippen molar-refractivity contribution < 1.29 is 132 Å². The van der Waals surface area contributed by atoms with Gasteiger partial charge in [-0.1, -0.05) is 0 Å². The van der Waals surface area contributed by atoms with Gasteiger partial charge in [-0.3, -0.25) is 0 Å². The van der Waals surface area contributed by atoms with Gasteiger partial charge in [0.25, 0.3) is 0 Å². The van der Waals surface area contributed by atoms with Crippen LogP contribution >= 0.6 is 0 Å². The summed E-state index contributed by atoms with van der Waals surface area (Å²) in [7, 11) is 0. The first-order valence-electron chi connectivity index (χ1n) is 2.52. The third kappa shape index (κ3) is 139. The van der Waals surface area contributed by atoms with E-state index in [-0.39, 0.29) is 116 Å². The van der Waals surface area contributed by atoms with Crippen molar-refractivity contribution in [3.8, 4) is 0 Å². The van der Waals surface area contributed by atoms with Crippen LogP contribution in [0.5, 0.6) is 0 Å². The van der Waals surface area contributed by atoms with Gasteiger partial charge in [0.1, 0.15) is 0 Å². The van der Waals surface area contributed by atoms with Gasteiger partial charge in [-0.2, -0.15) is 0 Å². The first kappa shape index (κ1) is 25.2. The molecule has 0 saturated carbocycles. The molecule has 0 N–H and O–H groups in total. The van der Waals surface area contributed by atoms with Crippen molar-refractivity contribution in [2.75, 3.05) is 0 Å². The molecule has 0 fully saturated rings. The van der Waals surface area contributed by atoms with Crippen LogP contribution < -0.4 is 125 Å². The largest absolute Gasteiger partial charge is 1.00 e. The van der Waals surface area contributed by atoms with Crippen molar-refractivity contribution in [2.24, 2.45) is 0 Å². The zero-order chi connectivity index (χ0) is 9.00. The van der Waals surface area contributed by atoms with E-state index in [4.69, 9.17) is 0 Å². The Morgan fingerprint density at radius 1 is 0.750 bits per heavy atom. The molecule has 0 aromatic rings. The molecule has 12 heavy (non-hydrogen) atoms. The van der Waals surface area contributed by atoms with Gasteiger partial charge in [0.2, 0.25) is 0 Å². The molecule has 4 nitrogen and oxygen atoms in total. The molecule has 64 valence electrons. The molecule has 0 aliphatic rings. The van der Waals surface area contributed by atoms with E-state index in [1.54, 1.807) is 0 Å². The Hall–Kier alpha value is 4.25. The molecule has 0 heterocycles. The van der Waals surface area contributed by atoms with Crippen molar-refractivity contribution in [1.82, 2.24) is 0 Å². The van der Waals surface area contributed by atoms with E-state index in [0.29, 0.717) is 0 Å². The Morgan fingerprint density at radius 2 is 0.750 bits per heavy atom. The molecule has 0 radical (unpaired) electrons. The first-order valence-corrected chi connectivity index (χ1v) is 13.1. The van der Waals surface area contributed by atoms with E-state index < -0.39 is 27.7 Å². The third-order valence-corrected chi connectivity index (χ3v) is 0.